The number of hydrogen-bond acceptors (Lipinski definition) is 5. The molecule has 2 N–H and O–H groups in total. The summed E-state index contributed by atoms with van der Waals surface area (Å²) in [4.78, 5) is 29.7. The molecular weight excluding hydrogens is 492 g/mol. The van der Waals surface area contributed by atoms with Crippen LogP contribution in [0.15, 0.2) is 48.5 Å². The third kappa shape index (κ3) is 5.42. The van der Waals surface area contributed by atoms with Crippen molar-refractivity contribution in [2.75, 3.05) is 45.6 Å². The molecule has 2 aromatic rings. The van der Waals surface area contributed by atoms with Crippen molar-refractivity contribution in [3.63, 3.8) is 0 Å². The number of anilines is 1. The van der Waals surface area contributed by atoms with E-state index in [1.54, 1.807) is 26.2 Å². The molecule has 0 unspecified atom stereocenters. The van der Waals surface area contributed by atoms with Crippen molar-refractivity contribution in [3.8, 4) is 0 Å². The van der Waals surface area contributed by atoms with Crippen molar-refractivity contribution in [3.05, 3.63) is 65.5 Å². The van der Waals surface area contributed by atoms with Crippen LogP contribution < -0.4 is 5.32 Å². The third-order valence-electron chi connectivity index (χ3n) is 7.07. The highest BCUT2D eigenvalue weighted by Gasteiger charge is 2.62. The zero-order chi connectivity index (χ0) is 27.0. The summed E-state index contributed by atoms with van der Waals surface area (Å²) in [6, 6.07) is 10.7. The normalized spacial score (nSPS) is 19.2. The van der Waals surface area contributed by atoms with Gasteiger partial charge in [-0.15, -0.1) is 0 Å². The first kappa shape index (κ1) is 26.9. The predicted octanol–water partition coefficient (Wildman–Crippen LogP) is 3.06. The van der Waals surface area contributed by atoms with E-state index in [2.05, 4.69) is 10.2 Å². The highest BCUT2D eigenvalue weighted by atomic mass is 19.4. The van der Waals surface area contributed by atoms with Gasteiger partial charge in [-0.05, 0) is 49.2 Å². The van der Waals surface area contributed by atoms with E-state index < -0.39 is 29.1 Å². The summed E-state index contributed by atoms with van der Waals surface area (Å²) < 4.78 is 54.8. The van der Waals surface area contributed by atoms with Crippen molar-refractivity contribution < 1.29 is 32.3 Å². The average molecular weight is 523 g/mol. The fourth-order valence-corrected chi connectivity index (χ4v) is 4.87. The fourth-order valence-electron chi connectivity index (χ4n) is 4.87. The number of benzene rings is 2. The maximum atomic E-state index is 13.9. The molecular formula is C26H30F4N4O3. The van der Waals surface area contributed by atoms with Gasteiger partial charge < -0.3 is 20.2 Å². The molecule has 0 saturated carbocycles. The molecule has 0 spiro atoms. The van der Waals surface area contributed by atoms with Gasteiger partial charge in [-0.3, -0.25) is 14.5 Å². The van der Waals surface area contributed by atoms with E-state index in [-0.39, 0.29) is 31.1 Å². The Labute approximate surface area is 212 Å². The number of nitrogens with zero attached hydrogens (tertiary/aromatic N) is 3. The lowest BCUT2D eigenvalue weighted by atomic mass is 9.89. The smallest absolute Gasteiger partial charge is 0.380 e. The maximum Gasteiger partial charge on any atom is 0.430 e. The topological polar surface area (TPSA) is 76.1 Å². The SMILES string of the molecule is CN(C)C(=O)c1ccc(NC2CN(C3CCN(C(=O)[C@](O)(c4ccc(F)cc4)C(F)(F)F)CC3)C2)cc1. The number of likely N-dealkylation sites (tertiary alicyclic amines) is 2. The molecule has 4 rings (SSSR count). The average Bonchev–Trinajstić information content (AvgIpc) is 2.85. The molecule has 11 heteroatoms. The summed E-state index contributed by atoms with van der Waals surface area (Å²) in [6.07, 6.45) is -4.29. The molecule has 37 heavy (non-hydrogen) atoms. The lowest BCUT2D eigenvalue weighted by Crippen LogP contribution is -2.62. The first-order valence-electron chi connectivity index (χ1n) is 12.1. The number of hydrogen-bond donors (Lipinski definition) is 2. The number of rotatable bonds is 6. The van der Waals surface area contributed by atoms with E-state index in [0.717, 1.165) is 47.9 Å². The second-order valence-corrected chi connectivity index (χ2v) is 9.81. The monoisotopic (exact) mass is 522 g/mol. The van der Waals surface area contributed by atoms with Gasteiger partial charge in [-0.25, -0.2) is 4.39 Å². The summed E-state index contributed by atoms with van der Waals surface area (Å²) in [7, 11) is 3.39. The summed E-state index contributed by atoms with van der Waals surface area (Å²) >= 11 is 0. The van der Waals surface area contributed by atoms with E-state index in [1.807, 2.05) is 12.1 Å². The van der Waals surface area contributed by atoms with E-state index in [9.17, 15) is 32.3 Å². The lowest BCUT2D eigenvalue weighted by molar-refractivity contribution is -0.262. The molecule has 0 bridgehead atoms. The number of alkyl halides is 3. The van der Waals surface area contributed by atoms with E-state index in [0.29, 0.717) is 18.4 Å². The van der Waals surface area contributed by atoms with Crippen LogP contribution in [-0.2, 0) is 10.4 Å². The van der Waals surface area contributed by atoms with Crippen LogP contribution >= 0.6 is 0 Å². The third-order valence-corrected chi connectivity index (χ3v) is 7.07. The van der Waals surface area contributed by atoms with Gasteiger partial charge in [-0.1, -0.05) is 12.1 Å². The minimum Gasteiger partial charge on any atom is -0.380 e. The van der Waals surface area contributed by atoms with E-state index in [4.69, 9.17) is 0 Å². The Balaban J connectivity index is 1.30. The molecule has 2 amide bonds. The van der Waals surface area contributed by atoms with Crippen LogP contribution in [-0.4, -0.2) is 90.2 Å². The van der Waals surface area contributed by atoms with Crippen molar-refractivity contribution in [2.24, 2.45) is 0 Å². The highest BCUT2D eigenvalue weighted by molar-refractivity contribution is 5.94. The van der Waals surface area contributed by atoms with Crippen LogP contribution in [0.4, 0.5) is 23.2 Å². The molecule has 0 radical (unpaired) electrons. The number of aliphatic hydroxyl groups is 1. The molecule has 1 atom stereocenters. The molecule has 7 nitrogen and oxygen atoms in total. The summed E-state index contributed by atoms with van der Waals surface area (Å²) in [6.45, 7) is 1.66. The van der Waals surface area contributed by atoms with Gasteiger partial charge in [0.05, 0.1) is 6.04 Å². The van der Waals surface area contributed by atoms with Gasteiger partial charge >= 0.3 is 6.18 Å². The number of nitrogens with one attached hydrogen (secondary N) is 1. The van der Waals surface area contributed by atoms with Crippen LogP contribution in [0.1, 0.15) is 28.8 Å². The predicted molar refractivity (Wildman–Crippen MR) is 129 cm³/mol. The van der Waals surface area contributed by atoms with Crippen LogP contribution in [0, 0.1) is 5.82 Å². The number of amides is 2. The van der Waals surface area contributed by atoms with Crippen LogP contribution in [0.3, 0.4) is 0 Å². The van der Waals surface area contributed by atoms with Crippen LogP contribution in [0.25, 0.3) is 0 Å². The Bertz CT molecular complexity index is 1110. The molecule has 2 heterocycles. The fraction of sp³-hybridized carbons (Fsp3) is 0.462. The number of carbonyl (C=O) groups is 2. The molecule has 2 aliphatic rings. The van der Waals surface area contributed by atoms with Crippen LogP contribution in [0.2, 0.25) is 0 Å². The minimum absolute atomic E-state index is 0.0717. The quantitative estimate of drug-likeness (QED) is 0.571. The van der Waals surface area contributed by atoms with Crippen LogP contribution in [0.5, 0.6) is 0 Å². The Hall–Kier alpha value is -3.18. The Kier molecular flexibility index (Phi) is 7.48. The molecule has 2 aromatic carbocycles. The zero-order valence-electron chi connectivity index (χ0n) is 20.6. The van der Waals surface area contributed by atoms with Gasteiger partial charge in [0.25, 0.3) is 17.4 Å². The van der Waals surface area contributed by atoms with Crippen molar-refractivity contribution >= 4 is 17.5 Å². The molecule has 2 aliphatic heterocycles. The number of carbonyl (C=O) groups excluding carboxylic acids is 2. The van der Waals surface area contributed by atoms with Gasteiger partial charge in [0, 0.05) is 63.1 Å². The summed E-state index contributed by atoms with van der Waals surface area (Å²) in [5.41, 5.74) is -2.94. The molecule has 2 fully saturated rings. The highest BCUT2D eigenvalue weighted by Crippen LogP contribution is 2.41. The molecule has 2 saturated heterocycles. The van der Waals surface area contributed by atoms with Crippen molar-refractivity contribution in [2.45, 2.75) is 36.7 Å². The lowest BCUT2D eigenvalue weighted by Gasteiger charge is -2.48. The first-order valence-corrected chi connectivity index (χ1v) is 12.1. The Morgan fingerprint density at radius 2 is 1.54 bits per heavy atom. The van der Waals surface area contributed by atoms with Gasteiger partial charge in [0.15, 0.2) is 0 Å². The minimum atomic E-state index is -5.26. The zero-order valence-corrected chi connectivity index (χ0v) is 20.6. The van der Waals surface area contributed by atoms with Gasteiger partial charge in [0.2, 0.25) is 0 Å². The maximum absolute atomic E-state index is 13.9. The standard InChI is InChI=1S/C26H30F4N4O3/c1-32(2)23(35)17-3-9-20(10-4-17)31-21-15-34(16-21)22-11-13-33(14-12-22)24(36)25(37,26(28,29)30)18-5-7-19(27)8-6-18/h3-10,21-22,31,37H,11-16H2,1-2H3/t25-/m1/s1. The number of halogens is 4. The Morgan fingerprint density at radius 1 is 0.973 bits per heavy atom. The summed E-state index contributed by atoms with van der Waals surface area (Å²) in [5, 5.41) is 13.9. The Morgan fingerprint density at radius 3 is 2.05 bits per heavy atom. The van der Waals surface area contributed by atoms with E-state index >= 15 is 0 Å². The van der Waals surface area contributed by atoms with Gasteiger partial charge in [-0.2, -0.15) is 13.2 Å². The molecule has 0 aromatic heterocycles. The largest absolute Gasteiger partial charge is 0.430 e. The van der Waals surface area contributed by atoms with Crippen molar-refractivity contribution in [1.82, 2.24) is 14.7 Å². The van der Waals surface area contributed by atoms with E-state index in [1.165, 1.54) is 4.90 Å². The second kappa shape index (κ2) is 10.3. The molecule has 0 aliphatic carbocycles. The van der Waals surface area contributed by atoms with Gasteiger partial charge in [0.1, 0.15) is 5.82 Å². The molecule has 200 valence electrons. The first-order chi connectivity index (χ1) is 17.4. The second-order valence-electron chi connectivity index (χ2n) is 9.81. The number of piperidine rings is 1. The van der Waals surface area contributed by atoms with Crippen molar-refractivity contribution in [1.29, 1.82) is 0 Å². The summed E-state index contributed by atoms with van der Waals surface area (Å²) in [5.74, 6) is -2.28.